The summed E-state index contributed by atoms with van der Waals surface area (Å²) in [5, 5.41) is 0.0927. The Morgan fingerprint density at radius 3 is 2.60 bits per heavy atom. The summed E-state index contributed by atoms with van der Waals surface area (Å²) in [7, 11) is -3.59. The van der Waals surface area contributed by atoms with E-state index in [4.69, 9.17) is 17.3 Å². The van der Waals surface area contributed by atoms with Crippen LogP contribution in [-0.4, -0.2) is 8.42 Å². The Hall–Kier alpha value is -1.59. The van der Waals surface area contributed by atoms with Gasteiger partial charge >= 0.3 is 0 Å². The highest BCUT2D eigenvalue weighted by molar-refractivity contribution is 7.90. The first-order chi connectivity index (χ1) is 9.31. The molecule has 0 atom stereocenters. The maximum Gasteiger partial charge on any atom is 0.182 e. The van der Waals surface area contributed by atoms with Crippen molar-refractivity contribution in [3.05, 3.63) is 58.4 Å². The molecule has 0 unspecified atom stereocenters. The number of hydrogen-bond acceptors (Lipinski definition) is 3. The molecule has 2 aromatic carbocycles. The van der Waals surface area contributed by atoms with Gasteiger partial charge in [-0.2, -0.15) is 0 Å². The Morgan fingerprint density at radius 2 is 1.95 bits per heavy atom. The molecule has 0 aromatic heterocycles. The van der Waals surface area contributed by atoms with Gasteiger partial charge in [-0.25, -0.2) is 12.8 Å². The van der Waals surface area contributed by atoms with Crippen LogP contribution in [0.2, 0.25) is 5.02 Å². The van der Waals surface area contributed by atoms with E-state index in [1.807, 2.05) is 0 Å². The smallest absolute Gasteiger partial charge is 0.182 e. The average Bonchev–Trinajstić information content (AvgIpc) is 2.36. The fourth-order valence-corrected chi connectivity index (χ4v) is 3.89. The second-order valence-electron chi connectivity index (χ2n) is 4.47. The van der Waals surface area contributed by atoms with Gasteiger partial charge in [-0.1, -0.05) is 23.7 Å². The minimum atomic E-state index is -3.59. The molecule has 2 N–H and O–H groups in total. The number of nitrogens with two attached hydrogens (primary N) is 1. The highest BCUT2D eigenvalue weighted by atomic mass is 35.5. The minimum absolute atomic E-state index is 0.0927. The number of halogens is 2. The van der Waals surface area contributed by atoms with Crippen LogP contribution >= 0.6 is 11.6 Å². The summed E-state index contributed by atoms with van der Waals surface area (Å²) in [5.41, 5.74) is 7.00. The van der Waals surface area contributed by atoms with Gasteiger partial charge < -0.3 is 5.73 Å². The lowest BCUT2D eigenvalue weighted by Crippen LogP contribution is -2.08. The van der Waals surface area contributed by atoms with E-state index in [1.165, 1.54) is 18.2 Å². The van der Waals surface area contributed by atoms with Gasteiger partial charge in [0.1, 0.15) is 5.82 Å². The lowest BCUT2D eigenvalue weighted by Gasteiger charge is -2.10. The first-order valence-electron chi connectivity index (χ1n) is 5.83. The summed E-state index contributed by atoms with van der Waals surface area (Å²) in [5.74, 6) is -0.799. The molecule has 2 aromatic rings. The molecule has 0 aliphatic carbocycles. The van der Waals surface area contributed by atoms with Gasteiger partial charge in [0, 0.05) is 10.7 Å². The van der Waals surface area contributed by atoms with Gasteiger partial charge in [-0.05, 0) is 42.3 Å². The third-order valence-corrected chi connectivity index (χ3v) is 5.18. The maximum absolute atomic E-state index is 13.0. The monoisotopic (exact) mass is 313 g/mol. The zero-order valence-corrected chi connectivity index (χ0v) is 12.3. The molecule has 0 radical (unpaired) electrons. The third-order valence-electron chi connectivity index (χ3n) is 3.02. The normalized spacial score (nSPS) is 11.6. The quantitative estimate of drug-likeness (QED) is 0.884. The van der Waals surface area contributed by atoms with Crippen LogP contribution in [0.15, 0.2) is 41.3 Å². The molecule has 3 nitrogen and oxygen atoms in total. The SMILES string of the molecule is Cc1c(N)cccc1S(=O)(=O)Cc1ccc(F)cc1Cl. The Bertz CT molecular complexity index is 760. The third kappa shape index (κ3) is 2.94. The number of sulfone groups is 1. The molecule has 0 saturated heterocycles. The molecule has 0 fully saturated rings. The van der Waals surface area contributed by atoms with Gasteiger partial charge in [0.25, 0.3) is 0 Å². The van der Waals surface area contributed by atoms with Crippen molar-refractivity contribution in [1.82, 2.24) is 0 Å². The van der Waals surface area contributed by atoms with Crippen molar-refractivity contribution in [3.63, 3.8) is 0 Å². The second kappa shape index (κ2) is 5.42. The lowest BCUT2D eigenvalue weighted by atomic mass is 10.2. The van der Waals surface area contributed by atoms with E-state index in [1.54, 1.807) is 19.1 Å². The van der Waals surface area contributed by atoms with Crippen LogP contribution in [0.25, 0.3) is 0 Å². The minimum Gasteiger partial charge on any atom is -0.398 e. The first kappa shape index (κ1) is 14.8. The van der Waals surface area contributed by atoms with E-state index in [0.717, 1.165) is 6.07 Å². The molecule has 0 amide bonds. The molecule has 106 valence electrons. The fourth-order valence-electron chi connectivity index (χ4n) is 1.89. The van der Waals surface area contributed by atoms with Crippen molar-refractivity contribution in [1.29, 1.82) is 0 Å². The van der Waals surface area contributed by atoms with E-state index < -0.39 is 15.7 Å². The fraction of sp³-hybridized carbons (Fsp3) is 0.143. The number of rotatable bonds is 3. The van der Waals surface area contributed by atoms with Gasteiger partial charge in [-0.15, -0.1) is 0 Å². The van der Waals surface area contributed by atoms with Crippen LogP contribution in [0, 0.1) is 12.7 Å². The maximum atomic E-state index is 13.0. The molecule has 0 heterocycles. The highest BCUT2D eigenvalue weighted by Crippen LogP contribution is 2.26. The van der Waals surface area contributed by atoms with Crippen LogP contribution in [-0.2, 0) is 15.6 Å². The summed E-state index contributed by atoms with van der Waals surface area (Å²) < 4.78 is 37.8. The second-order valence-corrected chi connectivity index (χ2v) is 6.83. The van der Waals surface area contributed by atoms with Gasteiger partial charge in [0.2, 0.25) is 0 Å². The largest absolute Gasteiger partial charge is 0.398 e. The van der Waals surface area contributed by atoms with E-state index in [2.05, 4.69) is 0 Å². The molecular weight excluding hydrogens is 301 g/mol. The highest BCUT2D eigenvalue weighted by Gasteiger charge is 2.20. The molecule has 0 aliphatic rings. The van der Waals surface area contributed by atoms with Crippen molar-refractivity contribution in [2.45, 2.75) is 17.6 Å². The summed E-state index contributed by atoms with van der Waals surface area (Å²) in [6.45, 7) is 1.65. The van der Waals surface area contributed by atoms with E-state index >= 15 is 0 Å². The molecule has 2 rings (SSSR count). The number of nitrogen functional groups attached to an aromatic ring is 1. The van der Waals surface area contributed by atoms with E-state index in [-0.39, 0.29) is 15.7 Å². The number of anilines is 1. The summed E-state index contributed by atoms with van der Waals surface area (Å²) in [6.07, 6.45) is 0. The Kier molecular flexibility index (Phi) is 4.01. The predicted octanol–water partition coefficient (Wildman–Crippen LogP) is 3.34. The summed E-state index contributed by atoms with van der Waals surface area (Å²) in [4.78, 5) is 0.165. The van der Waals surface area contributed by atoms with E-state index in [9.17, 15) is 12.8 Å². The summed E-state index contributed by atoms with van der Waals surface area (Å²) >= 11 is 5.86. The van der Waals surface area contributed by atoms with Gasteiger partial charge in [-0.3, -0.25) is 0 Å². The Morgan fingerprint density at radius 1 is 1.25 bits per heavy atom. The number of hydrogen-bond donors (Lipinski definition) is 1. The van der Waals surface area contributed by atoms with Gasteiger partial charge in [0.15, 0.2) is 9.84 Å². The molecule has 0 saturated carbocycles. The van der Waals surface area contributed by atoms with E-state index in [0.29, 0.717) is 16.8 Å². The van der Waals surface area contributed by atoms with Crippen LogP contribution in [0.1, 0.15) is 11.1 Å². The van der Waals surface area contributed by atoms with Crippen molar-refractivity contribution < 1.29 is 12.8 Å². The van der Waals surface area contributed by atoms with Crippen LogP contribution in [0.5, 0.6) is 0 Å². The molecule has 20 heavy (non-hydrogen) atoms. The standard InChI is InChI=1S/C14H13ClFNO2S/c1-9-13(17)3-2-4-14(9)20(18,19)8-10-5-6-11(16)7-12(10)15/h2-7H,8,17H2,1H3. The van der Waals surface area contributed by atoms with Crippen molar-refractivity contribution in [2.75, 3.05) is 5.73 Å². The van der Waals surface area contributed by atoms with Gasteiger partial charge in [0.05, 0.1) is 10.6 Å². The molecule has 0 aliphatic heterocycles. The van der Waals surface area contributed by atoms with Crippen molar-refractivity contribution >= 4 is 27.1 Å². The predicted molar refractivity (Wildman–Crippen MR) is 77.9 cm³/mol. The first-order valence-corrected chi connectivity index (χ1v) is 7.86. The van der Waals surface area contributed by atoms with Crippen LogP contribution in [0.3, 0.4) is 0 Å². The zero-order valence-electron chi connectivity index (χ0n) is 10.7. The average molecular weight is 314 g/mol. The Balaban J connectivity index is 2.44. The Labute approximate surface area is 122 Å². The number of benzene rings is 2. The lowest BCUT2D eigenvalue weighted by molar-refractivity contribution is 0.594. The molecule has 0 bridgehead atoms. The van der Waals surface area contributed by atoms with Crippen molar-refractivity contribution in [3.8, 4) is 0 Å². The van der Waals surface area contributed by atoms with Crippen LogP contribution < -0.4 is 5.73 Å². The zero-order chi connectivity index (χ0) is 14.9. The van der Waals surface area contributed by atoms with Crippen LogP contribution in [0.4, 0.5) is 10.1 Å². The van der Waals surface area contributed by atoms with Crippen molar-refractivity contribution in [2.24, 2.45) is 0 Å². The molecule has 6 heteroatoms. The topological polar surface area (TPSA) is 60.2 Å². The molecule has 0 spiro atoms. The summed E-state index contributed by atoms with van der Waals surface area (Å²) in [6, 6.07) is 8.37. The molecular formula is C14H13ClFNO2S.